The van der Waals surface area contributed by atoms with Crippen LogP contribution in [0.15, 0.2) is 36.4 Å². The first-order valence-corrected chi connectivity index (χ1v) is 6.40. The second-order valence-electron chi connectivity index (χ2n) is 4.01. The number of nitro groups is 1. The lowest BCUT2D eigenvalue weighted by Gasteiger charge is -2.12. The van der Waals surface area contributed by atoms with Crippen LogP contribution in [-0.4, -0.2) is 10.8 Å². The number of amidine groups is 1. The SMILES string of the molecule is N=C(N)c1ccccc1Oc1c(Cl)cc([N+](=O)[O-])cc1Cl. The minimum Gasteiger partial charge on any atom is -0.453 e. The lowest BCUT2D eigenvalue weighted by Crippen LogP contribution is -2.12. The van der Waals surface area contributed by atoms with Gasteiger partial charge in [-0.05, 0) is 12.1 Å². The molecule has 2 aromatic carbocycles. The Hall–Kier alpha value is -2.31. The Morgan fingerprint density at radius 1 is 1.24 bits per heavy atom. The van der Waals surface area contributed by atoms with Crippen LogP contribution in [0.3, 0.4) is 0 Å². The normalized spacial score (nSPS) is 10.2. The third-order valence-corrected chi connectivity index (χ3v) is 3.14. The standard InChI is InChI=1S/C13H9Cl2N3O3/c14-9-5-7(18(19)20)6-10(15)12(9)21-11-4-2-1-3-8(11)13(16)17/h1-6H,(H3,16,17). The predicted molar refractivity (Wildman–Crippen MR) is 80.6 cm³/mol. The van der Waals surface area contributed by atoms with Crippen molar-refractivity contribution in [1.29, 1.82) is 5.41 Å². The Morgan fingerprint density at radius 3 is 2.33 bits per heavy atom. The zero-order valence-electron chi connectivity index (χ0n) is 10.5. The van der Waals surface area contributed by atoms with Gasteiger partial charge in [0.1, 0.15) is 11.6 Å². The van der Waals surface area contributed by atoms with E-state index in [0.29, 0.717) is 5.56 Å². The molecule has 0 aromatic heterocycles. The van der Waals surface area contributed by atoms with Crippen LogP contribution < -0.4 is 10.5 Å². The minimum absolute atomic E-state index is 0.00689. The average molecular weight is 326 g/mol. The van der Waals surface area contributed by atoms with Gasteiger partial charge < -0.3 is 10.5 Å². The number of halogens is 2. The van der Waals surface area contributed by atoms with Gasteiger partial charge in [0.15, 0.2) is 5.75 Å². The molecule has 0 spiro atoms. The smallest absolute Gasteiger partial charge is 0.272 e. The highest BCUT2D eigenvalue weighted by molar-refractivity contribution is 6.37. The maximum atomic E-state index is 10.7. The number of nitrogens with zero attached hydrogens (tertiary/aromatic N) is 1. The molecule has 2 rings (SSSR count). The first-order valence-electron chi connectivity index (χ1n) is 5.65. The van der Waals surface area contributed by atoms with E-state index in [0.717, 1.165) is 12.1 Å². The molecule has 0 fully saturated rings. The summed E-state index contributed by atoms with van der Waals surface area (Å²) in [7, 11) is 0. The van der Waals surface area contributed by atoms with Gasteiger partial charge in [0.05, 0.1) is 20.5 Å². The number of nitrogen functional groups attached to an aromatic ring is 1. The van der Waals surface area contributed by atoms with E-state index in [2.05, 4.69) is 0 Å². The Kier molecular flexibility index (Phi) is 4.30. The summed E-state index contributed by atoms with van der Waals surface area (Å²) in [6.45, 7) is 0. The molecule has 21 heavy (non-hydrogen) atoms. The molecule has 0 atom stereocenters. The summed E-state index contributed by atoms with van der Waals surface area (Å²) < 4.78 is 5.56. The van der Waals surface area contributed by atoms with Crippen molar-refractivity contribution in [2.24, 2.45) is 5.73 Å². The Bertz CT molecular complexity index is 711. The van der Waals surface area contributed by atoms with Crippen LogP contribution >= 0.6 is 23.2 Å². The molecule has 0 bridgehead atoms. The van der Waals surface area contributed by atoms with Crippen molar-refractivity contribution in [2.45, 2.75) is 0 Å². The number of non-ortho nitro benzene ring substituents is 1. The van der Waals surface area contributed by atoms with E-state index in [-0.39, 0.29) is 33.1 Å². The van der Waals surface area contributed by atoms with Crippen molar-refractivity contribution in [1.82, 2.24) is 0 Å². The number of nitro benzene ring substituents is 1. The van der Waals surface area contributed by atoms with Gasteiger partial charge in [0.25, 0.3) is 5.69 Å². The van der Waals surface area contributed by atoms with Crippen LogP contribution in [0, 0.1) is 15.5 Å². The summed E-state index contributed by atoms with van der Waals surface area (Å²) in [6, 6.07) is 8.85. The van der Waals surface area contributed by atoms with Gasteiger partial charge in [-0.2, -0.15) is 0 Å². The molecule has 0 unspecified atom stereocenters. The Balaban J connectivity index is 2.46. The molecule has 0 amide bonds. The molecule has 0 aliphatic heterocycles. The number of hydrogen-bond acceptors (Lipinski definition) is 4. The monoisotopic (exact) mass is 325 g/mol. The van der Waals surface area contributed by atoms with Crippen LogP contribution in [-0.2, 0) is 0 Å². The molecule has 0 saturated carbocycles. The maximum absolute atomic E-state index is 10.7. The molecule has 0 saturated heterocycles. The molecule has 0 aliphatic rings. The van der Waals surface area contributed by atoms with Gasteiger partial charge >= 0.3 is 0 Å². The first kappa shape index (κ1) is 15.1. The van der Waals surface area contributed by atoms with Crippen molar-refractivity contribution in [3.8, 4) is 11.5 Å². The lowest BCUT2D eigenvalue weighted by molar-refractivity contribution is -0.384. The summed E-state index contributed by atoms with van der Waals surface area (Å²) >= 11 is 11.9. The average Bonchev–Trinajstić information content (AvgIpc) is 2.42. The number of ether oxygens (including phenoxy) is 1. The summed E-state index contributed by atoms with van der Waals surface area (Å²) in [5.41, 5.74) is 5.58. The van der Waals surface area contributed by atoms with Gasteiger partial charge in [-0.25, -0.2) is 0 Å². The molecule has 0 radical (unpaired) electrons. The molecular formula is C13H9Cl2N3O3. The zero-order chi connectivity index (χ0) is 15.6. The van der Waals surface area contributed by atoms with Crippen molar-refractivity contribution >= 4 is 34.7 Å². The van der Waals surface area contributed by atoms with Crippen LogP contribution in [0.25, 0.3) is 0 Å². The van der Waals surface area contributed by atoms with Crippen molar-refractivity contribution in [2.75, 3.05) is 0 Å². The van der Waals surface area contributed by atoms with Crippen molar-refractivity contribution in [3.63, 3.8) is 0 Å². The minimum atomic E-state index is -0.606. The highest BCUT2D eigenvalue weighted by Gasteiger charge is 2.17. The maximum Gasteiger partial charge on any atom is 0.272 e. The largest absolute Gasteiger partial charge is 0.453 e. The predicted octanol–water partition coefficient (Wildman–Crippen LogP) is 3.98. The van der Waals surface area contributed by atoms with E-state index >= 15 is 0 Å². The van der Waals surface area contributed by atoms with Gasteiger partial charge in [0.2, 0.25) is 0 Å². The molecule has 3 N–H and O–H groups in total. The summed E-state index contributed by atoms with van der Waals surface area (Å²) in [4.78, 5) is 10.1. The number of hydrogen-bond donors (Lipinski definition) is 2. The fraction of sp³-hybridized carbons (Fsp3) is 0. The van der Waals surface area contributed by atoms with Gasteiger partial charge in [-0.3, -0.25) is 15.5 Å². The van der Waals surface area contributed by atoms with Crippen LogP contribution in [0.4, 0.5) is 5.69 Å². The molecule has 0 aliphatic carbocycles. The summed E-state index contributed by atoms with van der Waals surface area (Å²) in [6.07, 6.45) is 0. The fourth-order valence-corrected chi connectivity index (χ4v) is 2.19. The molecule has 6 nitrogen and oxygen atoms in total. The highest BCUT2D eigenvalue weighted by atomic mass is 35.5. The van der Waals surface area contributed by atoms with E-state index in [1.165, 1.54) is 0 Å². The number of nitrogens with one attached hydrogen (secondary N) is 1. The molecule has 8 heteroatoms. The molecule has 108 valence electrons. The number of rotatable bonds is 4. The number of para-hydroxylation sites is 1. The number of nitrogens with two attached hydrogens (primary N) is 1. The topological polar surface area (TPSA) is 102 Å². The fourth-order valence-electron chi connectivity index (χ4n) is 1.64. The lowest BCUT2D eigenvalue weighted by atomic mass is 10.2. The van der Waals surface area contributed by atoms with E-state index in [4.69, 9.17) is 39.1 Å². The summed E-state index contributed by atoms with van der Waals surface area (Å²) in [5, 5.41) is 18.2. The second-order valence-corrected chi connectivity index (χ2v) is 4.82. The van der Waals surface area contributed by atoms with Crippen molar-refractivity contribution in [3.05, 3.63) is 62.1 Å². The third kappa shape index (κ3) is 3.24. The first-order chi connectivity index (χ1) is 9.90. The highest BCUT2D eigenvalue weighted by Crippen LogP contribution is 2.40. The zero-order valence-corrected chi connectivity index (χ0v) is 12.0. The van der Waals surface area contributed by atoms with Gasteiger partial charge in [-0.1, -0.05) is 35.3 Å². The van der Waals surface area contributed by atoms with Crippen LogP contribution in [0.2, 0.25) is 10.0 Å². The Labute approximate surface area is 129 Å². The molecule has 2 aromatic rings. The quantitative estimate of drug-likeness (QED) is 0.384. The van der Waals surface area contributed by atoms with E-state index in [9.17, 15) is 10.1 Å². The van der Waals surface area contributed by atoms with Crippen LogP contribution in [0.5, 0.6) is 11.5 Å². The van der Waals surface area contributed by atoms with Gasteiger partial charge in [0, 0.05) is 12.1 Å². The molecular weight excluding hydrogens is 317 g/mol. The molecule has 0 heterocycles. The van der Waals surface area contributed by atoms with Gasteiger partial charge in [-0.15, -0.1) is 0 Å². The van der Waals surface area contributed by atoms with Crippen molar-refractivity contribution < 1.29 is 9.66 Å². The van der Waals surface area contributed by atoms with E-state index in [1.54, 1.807) is 24.3 Å². The van der Waals surface area contributed by atoms with E-state index in [1.807, 2.05) is 0 Å². The van der Waals surface area contributed by atoms with Crippen LogP contribution in [0.1, 0.15) is 5.56 Å². The Morgan fingerprint density at radius 2 is 1.81 bits per heavy atom. The number of benzene rings is 2. The third-order valence-electron chi connectivity index (χ3n) is 2.58. The second kappa shape index (κ2) is 5.99. The summed E-state index contributed by atoms with van der Waals surface area (Å²) in [5.74, 6) is 0.167. The van der Waals surface area contributed by atoms with E-state index < -0.39 is 4.92 Å².